The Balaban J connectivity index is 0. The van der Waals surface area contributed by atoms with Gasteiger partial charge in [-0.2, -0.15) is 5.26 Å². The van der Waals surface area contributed by atoms with E-state index in [1.165, 1.54) is 0 Å². The van der Waals surface area contributed by atoms with Gasteiger partial charge in [0, 0.05) is 0 Å². The fourth-order valence-electron chi connectivity index (χ4n) is 0.0940. The molecule has 0 aliphatic rings. The second kappa shape index (κ2) is 6.27. The van der Waals surface area contributed by atoms with Crippen molar-refractivity contribution in [1.29, 1.82) is 5.26 Å². The third-order valence-corrected chi connectivity index (χ3v) is 0.781. The van der Waals surface area contributed by atoms with Gasteiger partial charge in [0.25, 0.3) is 0 Å². The Morgan fingerprint density at radius 3 is 2.50 bits per heavy atom. The van der Waals surface area contributed by atoms with E-state index in [1.807, 2.05) is 0 Å². The number of carbonyl (C=O) groups is 1. The Bertz CT molecular complexity index is 108. The number of carboxylic acids is 1. The number of hydrogen-bond donors (Lipinski definition) is 2. The SMILES string of the molecule is N.N#CSCC(=O)O. The molecule has 0 aromatic rings. The molecule has 0 saturated heterocycles. The molecule has 0 aromatic carbocycles. The van der Waals surface area contributed by atoms with Crippen molar-refractivity contribution < 1.29 is 9.90 Å². The minimum absolute atomic E-state index is 0. The normalized spacial score (nSPS) is 6.38. The topological polar surface area (TPSA) is 96.1 Å². The first-order chi connectivity index (χ1) is 3.27. The van der Waals surface area contributed by atoms with Crippen LogP contribution in [-0.4, -0.2) is 16.8 Å². The number of aliphatic carboxylic acids is 1. The Hall–Kier alpha value is -0.730. The van der Waals surface area contributed by atoms with Crippen molar-refractivity contribution in [2.45, 2.75) is 0 Å². The lowest BCUT2D eigenvalue weighted by Gasteiger charge is -1.77. The molecule has 5 heteroatoms. The Morgan fingerprint density at radius 2 is 2.38 bits per heavy atom. The summed E-state index contributed by atoms with van der Waals surface area (Å²) in [6.45, 7) is 0. The fraction of sp³-hybridized carbons (Fsp3) is 0.333. The molecule has 0 heterocycles. The van der Waals surface area contributed by atoms with Crippen molar-refractivity contribution in [3.05, 3.63) is 0 Å². The third-order valence-electron chi connectivity index (χ3n) is 0.260. The van der Waals surface area contributed by atoms with Crippen molar-refractivity contribution in [3.8, 4) is 5.40 Å². The average Bonchev–Trinajstić information content (AvgIpc) is 1.61. The molecule has 0 rings (SSSR count). The summed E-state index contributed by atoms with van der Waals surface area (Å²) in [5, 5.41) is 17.3. The minimum atomic E-state index is -0.952. The van der Waals surface area contributed by atoms with E-state index in [-0.39, 0.29) is 11.9 Å². The van der Waals surface area contributed by atoms with Gasteiger partial charge in [0.05, 0.1) is 0 Å². The van der Waals surface area contributed by atoms with Crippen molar-refractivity contribution >= 4 is 17.7 Å². The van der Waals surface area contributed by atoms with Crippen molar-refractivity contribution in [3.63, 3.8) is 0 Å². The molecular weight excluding hydrogens is 128 g/mol. The van der Waals surface area contributed by atoms with Gasteiger partial charge in [-0.1, -0.05) is 0 Å². The molecule has 4 nitrogen and oxygen atoms in total. The largest absolute Gasteiger partial charge is 0.481 e. The van der Waals surface area contributed by atoms with Crippen molar-refractivity contribution in [2.24, 2.45) is 0 Å². The van der Waals surface area contributed by atoms with Crippen LogP contribution < -0.4 is 6.15 Å². The standard InChI is InChI=1S/C3H3NO2S.H3N/c4-2-7-1-3(5)6;/h1H2,(H,5,6);1H3. The smallest absolute Gasteiger partial charge is 0.314 e. The predicted octanol–water partition coefficient (Wildman–Crippen LogP) is 0.447. The van der Waals surface area contributed by atoms with Crippen LogP contribution in [0, 0.1) is 10.7 Å². The lowest BCUT2D eigenvalue weighted by Crippen LogP contribution is -1.95. The number of nitriles is 1. The van der Waals surface area contributed by atoms with E-state index < -0.39 is 5.97 Å². The molecule has 0 fully saturated rings. The van der Waals surface area contributed by atoms with Crippen LogP contribution in [-0.2, 0) is 4.79 Å². The molecule has 0 radical (unpaired) electrons. The number of carboxylic acid groups (broad SMARTS) is 1. The van der Waals surface area contributed by atoms with E-state index in [2.05, 4.69) is 0 Å². The summed E-state index contributed by atoms with van der Waals surface area (Å²) in [5.74, 6) is -1.08. The van der Waals surface area contributed by atoms with Crippen LogP contribution in [0.1, 0.15) is 0 Å². The molecule has 0 saturated carbocycles. The maximum atomic E-state index is 9.59. The molecule has 46 valence electrons. The molecule has 0 spiro atoms. The van der Waals surface area contributed by atoms with Gasteiger partial charge in [-0.05, 0) is 11.8 Å². The van der Waals surface area contributed by atoms with Crippen LogP contribution in [0.15, 0.2) is 0 Å². The second-order valence-electron chi connectivity index (χ2n) is 0.774. The van der Waals surface area contributed by atoms with E-state index in [4.69, 9.17) is 10.4 Å². The first-order valence-corrected chi connectivity index (χ1v) is 2.48. The third kappa shape index (κ3) is 8.99. The molecule has 0 unspecified atom stereocenters. The molecular formula is C3H6N2O2S. The van der Waals surface area contributed by atoms with E-state index >= 15 is 0 Å². The molecule has 0 aliphatic carbocycles. The van der Waals surface area contributed by atoms with Gasteiger partial charge in [0.2, 0.25) is 0 Å². The monoisotopic (exact) mass is 134 g/mol. The number of nitrogens with zero attached hydrogens (tertiary/aromatic N) is 1. The van der Waals surface area contributed by atoms with Crippen molar-refractivity contribution in [1.82, 2.24) is 6.15 Å². The Morgan fingerprint density at radius 1 is 1.88 bits per heavy atom. The maximum Gasteiger partial charge on any atom is 0.314 e. The summed E-state index contributed by atoms with van der Waals surface area (Å²) in [4.78, 5) is 9.59. The van der Waals surface area contributed by atoms with E-state index in [9.17, 15) is 4.79 Å². The zero-order valence-electron chi connectivity index (χ0n) is 4.13. The van der Waals surface area contributed by atoms with Gasteiger partial charge < -0.3 is 11.3 Å². The highest BCUT2D eigenvalue weighted by Crippen LogP contribution is 1.92. The Kier molecular flexibility index (Phi) is 8.07. The molecule has 0 aromatic heterocycles. The van der Waals surface area contributed by atoms with Gasteiger partial charge in [0.15, 0.2) is 0 Å². The van der Waals surface area contributed by atoms with Gasteiger partial charge >= 0.3 is 5.97 Å². The van der Waals surface area contributed by atoms with Crippen LogP contribution in [0.4, 0.5) is 0 Å². The highest BCUT2D eigenvalue weighted by atomic mass is 32.2. The van der Waals surface area contributed by atoms with Crippen LogP contribution in [0.5, 0.6) is 0 Å². The zero-order chi connectivity index (χ0) is 5.70. The van der Waals surface area contributed by atoms with Crippen LogP contribution in [0.3, 0.4) is 0 Å². The number of hydrogen-bond acceptors (Lipinski definition) is 4. The quantitative estimate of drug-likeness (QED) is 0.534. The molecule has 0 amide bonds. The number of thioether (sulfide) groups is 1. The van der Waals surface area contributed by atoms with Crippen LogP contribution >= 0.6 is 11.8 Å². The lowest BCUT2D eigenvalue weighted by molar-refractivity contribution is -0.133. The van der Waals surface area contributed by atoms with Crippen LogP contribution in [0.2, 0.25) is 0 Å². The van der Waals surface area contributed by atoms with Crippen LogP contribution in [0.25, 0.3) is 0 Å². The Labute approximate surface area is 51.1 Å². The number of rotatable bonds is 2. The predicted molar refractivity (Wildman–Crippen MR) is 30.7 cm³/mol. The summed E-state index contributed by atoms with van der Waals surface area (Å²) >= 11 is 0.722. The zero-order valence-corrected chi connectivity index (χ0v) is 4.94. The summed E-state index contributed by atoms with van der Waals surface area (Å²) < 4.78 is 0. The average molecular weight is 134 g/mol. The highest BCUT2D eigenvalue weighted by Gasteiger charge is 1.91. The molecule has 8 heavy (non-hydrogen) atoms. The maximum absolute atomic E-state index is 9.59. The van der Waals surface area contributed by atoms with E-state index in [0.29, 0.717) is 0 Å². The summed E-state index contributed by atoms with van der Waals surface area (Å²) in [5.41, 5.74) is 0. The van der Waals surface area contributed by atoms with Gasteiger partial charge in [0.1, 0.15) is 11.2 Å². The molecule has 4 N–H and O–H groups in total. The van der Waals surface area contributed by atoms with Gasteiger partial charge in [-0.25, -0.2) is 0 Å². The van der Waals surface area contributed by atoms with E-state index in [0.717, 1.165) is 11.8 Å². The summed E-state index contributed by atoms with van der Waals surface area (Å²) in [7, 11) is 0. The minimum Gasteiger partial charge on any atom is -0.481 e. The molecule has 0 aliphatic heterocycles. The summed E-state index contributed by atoms with van der Waals surface area (Å²) in [6, 6.07) is 0. The molecule has 0 bridgehead atoms. The second-order valence-corrected chi connectivity index (χ2v) is 1.53. The fourth-order valence-corrected chi connectivity index (χ4v) is 0.282. The molecule has 0 atom stereocenters. The van der Waals surface area contributed by atoms with E-state index in [1.54, 1.807) is 5.40 Å². The first-order valence-electron chi connectivity index (χ1n) is 1.50. The summed E-state index contributed by atoms with van der Waals surface area (Å²) in [6.07, 6.45) is 0. The highest BCUT2D eigenvalue weighted by molar-refractivity contribution is 8.04. The lowest BCUT2D eigenvalue weighted by atomic mass is 10.8. The van der Waals surface area contributed by atoms with Gasteiger partial charge in [-0.3, -0.25) is 4.79 Å². The van der Waals surface area contributed by atoms with Crippen molar-refractivity contribution in [2.75, 3.05) is 5.75 Å². The first kappa shape index (κ1) is 10.3. The number of thiocyanates is 1. The van der Waals surface area contributed by atoms with Gasteiger partial charge in [-0.15, -0.1) is 0 Å².